The number of carbonyl (C=O) groups is 1. The van der Waals surface area contributed by atoms with E-state index in [0.717, 1.165) is 41.5 Å². The van der Waals surface area contributed by atoms with Crippen LogP contribution in [0.5, 0.6) is 0 Å². The van der Waals surface area contributed by atoms with Crippen molar-refractivity contribution in [3.05, 3.63) is 71.9 Å². The number of para-hydroxylation sites is 1. The molecule has 1 fully saturated rings. The van der Waals surface area contributed by atoms with E-state index in [-0.39, 0.29) is 18.1 Å². The standard InChI is InChI=1S/C21H22N2O2/c1-23(19-12-7-13-25-19)20(15-8-3-2-4-9-15)21(24)17-14-22-18-11-6-5-10-16(17)18/h2-6,8-11,14,19-20,22H,7,12-13H2,1H3. The molecule has 1 aromatic heterocycles. The number of benzene rings is 2. The lowest BCUT2D eigenvalue weighted by molar-refractivity contribution is -0.0234. The molecule has 1 aliphatic rings. The zero-order chi connectivity index (χ0) is 17.2. The van der Waals surface area contributed by atoms with Gasteiger partial charge in [-0.1, -0.05) is 48.5 Å². The molecule has 2 unspecified atom stereocenters. The molecule has 128 valence electrons. The lowest BCUT2D eigenvalue weighted by Crippen LogP contribution is -2.38. The third kappa shape index (κ3) is 2.99. The Morgan fingerprint density at radius 1 is 1.16 bits per heavy atom. The van der Waals surface area contributed by atoms with Crippen LogP contribution in [0.15, 0.2) is 60.8 Å². The number of aromatic nitrogens is 1. The number of hydrogen-bond donors (Lipinski definition) is 1. The van der Waals surface area contributed by atoms with Crippen molar-refractivity contribution < 1.29 is 9.53 Å². The van der Waals surface area contributed by atoms with Crippen molar-refractivity contribution in [1.29, 1.82) is 0 Å². The molecule has 1 aliphatic heterocycles. The van der Waals surface area contributed by atoms with E-state index in [9.17, 15) is 4.79 Å². The van der Waals surface area contributed by atoms with Gasteiger partial charge in [0.2, 0.25) is 0 Å². The normalized spacial score (nSPS) is 18.7. The van der Waals surface area contributed by atoms with Crippen LogP contribution in [0.25, 0.3) is 10.9 Å². The summed E-state index contributed by atoms with van der Waals surface area (Å²) in [4.78, 5) is 18.8. The number of carbonyl (C=O) groups excluding carboxylic acids is 1. The van der Waals surface area contributed by atoms with Crippen molar-refractivity contribution >= 4 is 16.7 Å². The first-order valence-electron chi connectivity index (χ1n) is 8.74. The second-order valence-corrected chi connectivity index (χ2v) is 6.56. The predicted molar refractivity (Wildman–Crippen MR) is 98.5 cm³/mol. The molecule has 3 aromatic rings. The number of ether oxygens (including phenoxy) is 1. The molecule has 0 amide bonds. The van der Waals surface area contributed by atoms with Crippen LogP contribution in [-0.4, -0.2) is 35.5 Å². The van der Waals surface area contributed by atoms with Crippen LogP contribution in [0.1, 0.15) is 34.8 Å². The lowest BCUT2D eigenvalue weighted by Gasteiger charge is -2.31. The quantitative estimate of drug-likeness (QED) is 0.713. The molecule has 2 aromatic carbocycles. The minimum atomic E-state index is -0.358. The Kier molecular flexibility index (Phi) is 4.38. The van der Waals surface area contributed by atoms with E-state index in [1.807, 2.05) is 67.8 Å². The van der Waals surface area contributed by atoms with Crippen LogP contribution < -0.4 is 0 Å². The summed E-state index contributed by atoms with van der Waals surface area (Å²) in [6.45, 7) is 0.762. The average Bonchev–Trinajstić information content (AvgIpc) is 3.32. The van der Waals surface area contributed by atoms with Crippen molar-refractivity contribution in [2.24, 2.45) is 0 Å². The van der Waals surface area contributed by atoms with Gasteiger partial charge in [0, 0.05) is 29.3 Å². The molecule has 0 radical (unpaired) electrons. The fraction of sp³-hybridized carbons (Fsp3) is 0.286. The summed E-state index contributed by atoms with van der Waals surface area (Å²) < 4.78 is 5.84. The van der Waals surface area contributed by atoms with Crippen LogP contribution in [0.3, 0.4) is 0 Å². The van der Waals surface area contributed by atoms with Crippen molar-refractivity contribution in [2.75, 3.05) is 13.7 Å². The summed E-state index contributed by atoms with van der Waals surface area (Å²) in [5, 5.41) is 0.967. The van der Waals surface area contributed by atoms with Gasteiger partial charge in [0.05, 0.1) is 0 Å². The number of ketones is 1. The second-order valence-electron chi connectivity index (χ2n) is 6.56. The Morgan fingerprint density at radius 3 is 2.68 bits per heavy atom. The highest BCUT2D eigenvalue weighted by Gasteiger charge is 2.33. The molecule has 25 heavy (non-hydrogen) atoms. The molecular formula is C21H22N2O2. The smallest absolute Gasteiger partial charge is 0.186 e. The first-order valence-corrected chi connectivity index (χ1v) is 8.74. The maximum Gasteiger partial charge on any atom is 0.186 e. The fourth-order valence-electron chi connectivity index (χ4n) is 3.68. The van der Waals surface area contributed by atoms with E-state index in [0.29, 0.717) is 0 Å². The predicted octanol–water partition coefficient (Wildman–Crippen LogP) is 4.16. The Balaban J connectivity index is 1.75. The van der Waals surface area contributed by atoms with E-state index < -0.39 is 0 Å². The number of hydrogen-bond acceptors (Lipinski definition) is 3. The molecule has 0 spiro atoms. The number of aromatic amines is 1. The molecule has 2 atom stereocenters. The number of fused-ring (bicyclic) bond motifs is 1. The van der Waals surface area contributed by atoms with Crippen LogP contribution in [0, 0.1) is 0 Å². The molecule has 1 N–H and O–H groups in total. The summed E-state index contributed by atoms with van der Waals surface area (Å²) >= 11 is 0. The number of likely N-dealkylation sites (N-methyl/N-ethyl adjacent to an activating group) is 1. The molecular weight excluding hydrogens is 312 g/mol. The zero-order valence-corrected chi connectivity index (χ0v) is 14.3. The van der Waals surface area contributed by atoms with E-state index in [2.05, 4.69) is 9.88 Å². The Morgan fingerprint density at radius 2 is 1.92 bits per heavy atom. The number of nitrogens with zero attached hydrogens (tertiary/aromatic N) is 1. The lowest BCUT2D eigenvalue weighted by atomic mass is 9.95. The van der Waals surface area contributed by atoms with E-state index in [4.69, 9.17) is 4.74 Å². The minimum Gasteiger partial charge on any atom is -0.363 e. The maximum absolute atomic E-state index is 13.5. The Labute approximate surface area is 147 Å². The molecule has 0 bridgehead atoms. The van der Waals surface area contributed by atoms with Crippen molar-refractivity contribution in [3.63, 3.8) is 0 Å². The summed E-state index contributed by atoms with van der Waals surface area (Å²) in [7, 11) is 1.99. The van der Waals surface area contributed by atoms with Gasteiger partial charge in [-0.15, -0.1) is 0 Å². The number of nitrogens with one attached hydrogen (secondary N) is 1. The third-order valence-electron chi connectivity index (χ3n) is 4.99. The highest BCUT2D eigenvalue weighted by Crippen LogP contribution is 2.31. The second kappa shape index (κ2) is 6.82. The molecule has 4 nitrogen and oxygen atoms in total. The van der Waals surface area contributed by atoms with Gasteiger partial charge < -0.3 is 9.72 Å². The number of H-pyrrole nitrogens is 1. The first-order chi connectivity index (χ1) is 12.3. The van der Waals surface area contributed by atoms with E-state index in [1.54, 1.807) is 0 Å². The van der Waals surface area contributed by atoms with Gasteiger partial charge in [-0.05, 0) is 31.5 Å². The molecule has 2 heterocycles. The van der Waals surface area contributed by atoms with Crippen molar-refractivity contribution in [2.45, 2.75) is 25.1 Å². The van der Waals surface area contributed by atoms with Crippen LogP contribution in [0.2, 0.25) is 0 Å². The van der Waals surface area contributed by atoms with E-state index >= 15 is 0 Å². The zero-order valence-electron chi connectivity index (χ0n) is 14.3. The first kappa shape index (κ1) is 16.1. The monoisotopic (exact) mass is 334 g/mol. The highest BCUT2D eigenvalue weighted by atomic mass is 16.5. The van der Waals surface area contributed by atoms with Gasteiger partial charge in [-0.2, -0.15) is 0 Å². The Hall–Kier alpha value is -2.43. The maximum atomic E-state index is 13.5. The van der Waals surface area contributed by atoms with Crippen molar-refractivity contribution in [1.82, 2.24) is 9.88 Å². The van der Waals surface area contributed by atoms with Gasteiger partial charge in [0.1, 0.15) is 12.3 Å². The third-order valence-corrected chi connectivity index (χ3v) is 4.99. The van der Waals surface area contributed by atoms with Gasteiger partial charge in [0.25, 0.3) is 0 Å². The summed E-state index contributed by atoms with van der Waals surface area (Å²) in [5.74, 6) is 0.0988. The van der Waals surface area contributed by atoms with Crippen LogP contribution >= 0.6 is 0 Å². The van der Waals surface area contributed by atoms with Gasteiger partial charge in [-0.3, -0.25) is 9.69 Å². The SMILES string of the molecule is CN(C1CCCO1)C(C(=O)c1c[nH]c2ccccc12)c1ccccc1. The van der Waals surface area contributed by atoms with Crippen molar-refractivity contribution in [3.8, 4) is 0 Å². The largest absolute Gasteiger partial charge is 0.363 e. The van der Waals surface area contributed by atoms with E-state index in [1.165, 1.54) is 0 Å². The highest BCUT2D eigenvalue weighted by molar-refractivity contribution is 6.10. The molecule has 4 rings (SSSR count). The van der Waals surface area contributed by atoms with Crippen LogP contribution in [-0.2, 0) is 4.74 Å². The Bertz CT molecular complexity index is 866. The minimum absolute atomic E-state index is 0.0145. The average molecular weight is 334 g/mol. The number of Topliss-reactive ketones (excluding diaryl/α,β-unsaturated/α-hetero) is 1. The van der Waals surface area contributed by atoms with Gasteiger partial charge >= 0.3 is 0 Å². The van der Waals surface area contributed by atoms with Crippen LogP contribution in [0.4, 0.5) is 0 Å². The molecule has 0 saturated carbocycles. The topological polar surface area (TPSA) is 45.3 Å². The number of rotatable bonds is 5. The summed E-state index contributed by atoms with van der Waals surface area (Å²) in [6.07, 6.45) is 3.81. The summed E-state index contributed by atoms with van der Waals surface area (Å²) in [6, 6.07) is 17.5. The molecule has 0 aliphatic carbocycles. The molecule has 4 heteroatoms. The molecule has 1 saturated heterocycles. The summed E-state index contributed by atoms with van der Waals surface area (Å²) in [5.41, 5.74) is 2.71. The van der Waals surface area contributed by atoms with Gasteiger partial charge in [-0.25, -0.2) is 0 Å². The van der Waals surface area contributed by atoms with Gasteiger partial charge in [0.15, 0.2) is 5.78 Å². The fourth-order valence-corrected chi connectivity index (χ4v) is 3.68.